The zero-order chi connectivity index (χ0) is 30.9. The van der Waals surface area contributed by atoms with E-state index in [-0.39, 0.29) is 23.3 Å². The predicted octanol–water partition coefficient (Wildman–Crippen LogP) is 5.83. The van der Waals surface area contributed by atoms with Crippen LogP contribution in [0.3, 0.4) is 0 Å². The Bertz CT molecular complexity index is 1730. The van der Waals surface area contributed by atoms with Gasteiger partial charge >= 0.3 is 5.97 Å². The largest absolute Gasteiger partial charge is 0.497 e. The molecule has 0 aliphatic carbocycles. The van der Waals surface area contributed by atoms with Gasteiger partial charge in [0.05, 0.1) is 41.8 Å². The molecule has 1 aliphatic rings. The van der Waals surface area contributed by atoms with Crippen molar-refractivity contribution in [1.29, 1.82) is 5.26 Å². The molecule has 1 atom stereocenters. The lowest BCUT2D eigenvalue weighted by Gasteiger charge is -2.22. The molecule has 0 unspecified atom stereocenters. The van der Waals surface area contributed by atoms with Crippen molar-refractivity contribution in [3.05, 3.63) is 125 Å². The number of amides is 2. The molecule has 9 nitrogen and oxygen atoms in total. The molecule has 0 saturated heterocycles. The van der Waals surface area contributed by atoms with E-state index in [9.17, 15) is 14.4 Å². The number of thioether (sulfide) groups is 1. The number of hydrogen-bond acceptors (Lipinski definition) is 8. The Balaban J connectivity index is 1.25. The smallest absolute Gasteiger partial charge is 0.339 e. The number of carbonyl (C=O) groups is 3. The predicted molar refractivity (Wildman–Crippen MR) is 167 cm³/mol. The molecule has 10 heteroatoms. The maximum absolute atomic E-state index is 13.4. The minimum atomic E-state index is -0.684. The van der Waals surface area contributed by atoms with Crippen LogP contribution in [0.5, 0.6) is 5.75 Å². The van der Waals surface area contributed by atoms with Gasteiger partial charge in [0.2, 0.25) is 5.91 Å². The van der Waals surface area contributed by atoms with E-state index in [1.54, 1.807) is 55.6 Å². The molecule has 220 valence electrons. The number of rotatable bonds is 10. The number of nitriles is 1. The number of methoxy groups -OCH3 is 1. The van der Waals surface area contributed by atoms with Crippen LogP contribution >= 0.6 is 11.8 Å². The molecule has 4 aromatic rings. The number of benzene rings is 4. The van der Waals surface area contributed by atoms with Gasteiger partial charge in [-0.2, -0.15) is 10.4 Å². The Morgan fingerprint density at radius 2 is 1.73 bits per heavy atom. The third-order valence-corrected chi connectivity index (χ3v) is 7.91. The number of hydrogen-bond donors (Lipinski definition) is 1. The second-order valence-electron chi connectivity index (χ2n) is 9.75. The van der Waals surface area contributed by atoms with Gasteiger partial charge in [0.25, 0.3) is 5.91 Å². The highest BCUT2D eigenvalue weighted by molar-refractivity contribution is 8.00. The normalized spacial score (nSPS) is 13.9. The molecular weight excluding hydrogens is 576 g/mol. The molecule has 5 rings (SSSR count). The van der Waals surface area contributed by atoms with E-state index >= 15 is 0 Å². The Morgan fingerprint density at radius 1 is 0.977 bits per heavy atom. The van der Waals surface area contributed by atoms with Gasteiger partial charge in [-0.25, -0.2) is 9.80 Å². The van der Waals surface area contributed by atoms with E-state index in [0.29, 0.717) is 28.3 Å². The average molecular weight is 605 g/mol. The first-order chi connectivity index (χ1) is 21.4. The van der Waals surface area contributed by atoms with Crippen molar-refractivity contribution < 1.29 is 23.9 Å². The van der Waals surface area contributed by atoms with Crippen LogP contribution in [0.25, 0.3) is 0 Å². The van der Waals surface area contributed by atoms with Crippen LogP contribution in [0.4, 0.5) is 5.69 Å². The van der Waals surface area contributed by atoms with Crippen LogP contribution in [0.2, 0.25) is 0 Å². The van der Waals surface area contributed by atoms with Crippen LogP contribution in [-0.2, 0) is 14.3 Å². The molecule has 0 spiro atoms. The van der Waals surface area contributed by atoms with Gasteiger partial charge in [0.15, 0.2) is 6.61 Å². The molecule has 1 N–H and O–H groups in total. The molecule has 4 aromatic carbocycles. The van der Waals surface area contributed by atoms with E-state index < -0.39 is 18.5 Å². The second-order valence-corrected chi connectivity index (χ2v) is 10.8. The third-order valence-electron chi connectivity index (χ3n) is 6.84. The van der Waals surface area contributed by atoms with E-state index in [1.807, 2.05) is 60.7 Å². The summed E-state index contributed by atoms with van der Waals surface area (Å²) in [5.41, 5.74) is 3.72. The van der Waals surface area contributed by atoms with Crippen molar-refractivity contribution in [3.8, 4) is 11.8 Å². The van der Waals surface area contributed by atoms with Gasteiger partial charge in [0.1, 0.15) is 5.75 Å². The summed E-state index contributed by atoms with van der Waals surface area (Å²) in [6.45, 7) is -0.508. The number of carbonyl (C=O) groups excluding carboxylic acids is 3. The lowest BCUT2D eigenvalue weighted by molar-refractivity contribution is -0.136. The second kappa shape index (κ2) is 14.2. The fourth-order valence-corrected chi connectivity index (χ4v) is 5.51. The minimum Gasteiger partial charge on any atom is -0.497 e. The van der Waals surface area contributed by atoms with Gasteiger partial charge < -0.3 is 14.8 Å². The Hall–Kier alpha value is -5.40. The fraction of sp³-hybridized carbons (Fsp3) is 0.147. The van der Waals surface area contributed by atoms with Gasteiger partial charge in [-0.15, -0.1) is 11.8 Å². The molecule has 0 saturated carbocycles. The lowest BCUT2D eigenvalue weighted by atomic mass is 9.98. The van der Waals surface area contributed by atoms with Gasteiger partial charge in [-0.3, -0.25) is 9.59 Å². The number of hydrazone groups is 1. The first-order valence-corrected chi connectivity index (χ1v) is 14.7. The number of anilines is 1. The first kappa shape index (κ1) is 30.1. The monoisotopic (exact) mass is 604 g/mol. The van der Waals surface area contributed by atoms with Crippen LogP contribution in [-0.4, -0.2) is 48.0 Å². The maximum Gasteiger partial charge on any atom is 0.339 e. The van der Waals surface area contributed by atoms with Crippen molar-refractivity contribution in [3.63, 3.8) is 0 Å². The number of ether oxygens (including phenoxy) is 2. The van der Waals surface area contributed by atoms with E-state index in [4.69, 9.17) is 14.7 Å². The lowest BCUT2D eigenvalue weighted by Crippen LogP contribution is -2.31. The topological polar surface area (TPSA) is 121 Å². The van der Waals surface area contributed by atoms with E-state index in [1.165, 1.54) is 16.8 Å². The van der Waals surface area contributed by atoms with Crippen molar-refractivity contribution >= 4 is 40.9 Å². The molecule has 0 bridgehead atoms. The molecule has 0 radical (unpaired) electrons. The summed E-state index contributed by atoms with van der Waals surface area (Å²) < 4.78 is 10.7. The number of esters is 1. The zero-order valence-electron chi connectivity index (χ0n) is 23.8. The highest BCUT2D eigenvalue weighted by atomic mass is 32.2. The van der Waals surface area contributed by atoms with Crippen molar-refractivity contribution in [1.82, 2.24) is 5.01 Å². The molecule has 0 aromatic heterocycles. The minimum absolute atomic E-state index is 0.0221. The van der Waals surface area contributed by atoms with Crippen molar-refractivity contribution in [2.24, 2.45) is 5.10 Å². The van der Waals surface area contributed by atoms with Crippen LogP contribution < -0.4 is 10.1 Å². The van der Waals surface area contributed by atoms with Crippen molar-refractivity contribution in [2.75, 3.05) is 24.8 Å². The molecule has 1 heterocycles. The van der Waals surface area contributed by atoms with E-state index in [2.05, 4.69) is 10.4 Å². The van der Waals surface area contributed by atoms with Crippen LogP contribution in [0.15, 0.2) is 113 Å². The molecule has 2 amide bonds. The van der Waals surface area contributed by atoms with E-state index in [0.717, 1.165) is 16.8 Å². The van der Waals surface area contributed by atoms with Crippen LogP contribution in [0, 0.1) is 11.3 Å². The Kier molecular flexibility index (Phi) is 9.69. The number of nitrogens with zero attached hydrogens (tertiary/aromatic N) is 3. The first-order valence-electron chi connectivity index (χ1n) is 13.7. The number of nitrogens with one attached hydrogen (secondary N) is 1. The third kappa shape index (κ3) is 7.32. The highest BCUT2D eigenvalue weighted by Gasteiger charge is 2.33. The summed E-state index contributed by atoms with van der Waals surface area (Å²) in [5.74, 6) is -0.724. The van der Waals surface area contributed by atoms with Crippen molar-refractivity contribution in [2.45, 2.75) is 17.4 Å². The Morgan fingerprint density at radius 3 is 2.48 bits per heavy atom. The summed E-state index contributed by atoms with van der Waals surface area (Å²) in [6, 6.07) is 32.1. The summed E-state index contributed by atoms with van der Waals surface area (Å²) in [5, 5.41) is 17.8. The average Bonchev–Trinajstić information content (AvgIpc) is 3.52. The standard InChI is InChI=1S/C34H28N4O5S/c1-42-27-16-14-25(15-17-27)30-19-29(24-9-3-2-4-10-24)37-38(30)33(40)21-43-34(41)28-12-5-6-13-31(28)44-22-32(39)36-26-11-7-8-23(18-26)20-35/h2-18,30H,19,21-22H2,1H3,(H,36,39)/t30-/m1/s1. The highest BCUT2D eigenvalue weighted by Crippen LogP contribution is 2.34. The molecular formula is C34H28N4O5S. The van der Waals surface area contributed by atoms with Gasteiger partial charge in [-0.1, -0.05) is 60.7 Å². The molecule has 44 heavy (non-hydrogen) atoms. The quantitative estimate of drug-likeness (QED) is 0.179. The van der Waals surface area contributed by atoms with Gasteiger partial charge in [-0.05, 0) is 53.6 Å². The summed E-state index contributed by atoms with van der Waals surface area (Å²) >= 11 is 1.17. The maximum atomic E-state index is 13.4. The summed E-state index contributed by atoms with van der Waals surface area (Å²) in [7, 11) is 1.59. The van der Waals surface area contributed by atoms with Crippen LogP contribution in [0.1, 0.15) is 39.5 Å². The fourth-order valence-electron chi connectivity index (χ4n) is 4.67. The summed E-state index contributed by atoms with van der Waals surface area (Å²) in [4.78, 5) is 39.6. The zero-order valence-corrected chi connectivity index (χ0v) is 24.6. The van der Waals surface area contributed by atoms with Gasteiger partial charge in [0, 0.05) is 17.0 Å². The SMILES string of the molecule is COc1ccc([C@H]2CC(c3ccccc3)=NN2C(=O)COC(=O)c2ccccc2SCC(=O)Nc2cccc(C#N)c2)cc1. The Labute approximate surface area is 259 Å². The summed E-state index contributed by atoms with van der Waals surface area (Å²) in [6.07, 6.45) is 0.498. The molecule has 1 aliphatic heterocycles. The molecule has 0 fully saturated rings.